The summed E-state index contributed by atoms with van der Waals surface area (Å²) >= 11 is 0. The second-order valence-corrected chi connectivity index (χ2v) is 8.53. The lowest BCUT2D eigenvalue weighted by atomic mass is 9.98. The number of nitrogens with zero attached hydrogens (tertiary/aromatic N) is 1. The molecule has 2 N–H and O–H groups in total. The van der Waals surface area contributed by atoms with Crippen LogP contribution in [0.3, 0.4) is 0 Å². The van der Waals surface area contributed by atoms with Crippen molar-refractivity contribution in [1.82, 2.24) is 10.2 Å². The Morgan fingerprint density at radius 1 is 0.914 bits per heavy atom. The van der Waals surface area contributed by atoms with Gasteiger partial charge in [-0.2, -0.15) is 0 Å². The first-order valence-corrected chi connectivity index (χ1v) is 11.6. The summed E-state index contributed by atoms with van der Waals surface area (Å²) in [4.78, 5) is 37.6. The number of rotatable bonds is 9. The highest BCUT2D eigenvalue weighted by molar-refractivity contribution is 5.89. The summed E-state index contributed by atoms with van der Waals surface area (Å²) in [5, 5.41) is 11.9. The number of aromatic carboxylic acids is 1. The Kier molecular flexibility index (Phi) is 7.45. The quantitative estimate of drug-likeness (QED) is 0.484. The minimum absolute atomic E-state index is 0.0189. The average Bonchev–Trinajstić information content (AvgIpc) is 3.19. The van der Waals surface area contributed by atoms with Gasteiger partial charge in [0.05, 0.1) is 5.56 Å². The molecule has 35 heavy (non-hydrogen) atoms. The number of carbonyl (C=O) groups excluding carboxylic acids is 2. The van der Waals surface area contributed by atoms with E-state index in [1.165, 1.54) is 4.90 Å². The molecule has 3 aromatic rings. The van der Waals surface area contributed by atoms with E-state index in [1.54, 1.807) is 31.3 Å². The van der Waals surface area contributed by atoms with Crippen molar-refractivity contribution >= 4 is 18.0 Å². The smallest absolute Gasteiger partial charge is 0.407 e. The highest BCUT2D eigenvalue weighted by Crippen LogP contribution is 2.44. The number of carboxylic acid groups (broad SMARTS) is 1. The van der Waals surface area contributed by atoms with Crippen molar-refractivity contribution in [3.05, 3.63) is 95.1 Å². The van der Waals surface area contributed by atoms with Gasteiger partial charge in [-0.05, 0) is 40.3 Å². The minimum atomic E-state index is -0.984. The van der Waals surface area contributed by atoms with E-state index in [4.69, 9.17) is 4.74 Å². The zero-order valence-corrected chi connectivity index (χ0v) is 19.6. The standard InChI is InChI=1S/C28H28N2O5/c1-30(17-15-19-8-2-3-9-20(19)27(32)33)26(31)14-16-29-28(34)35-18-25-23-12-6-4-10-21(23)22-11-5-7-13-24(22)25/h2-13,25H,14-18H2,1H3,(H,29,34)(H,32,33). The van der Waals surface area contributed by atoms with Crippen LogP contribution in [0.15, 0.2) is 72.8 Å². The van der Waals surface area contributed by atoms with Gasteiger partial charge in [0, 0.05) is 32.5 Å². The van der Waals surface area contributed by atoms with Crippen LogP contribution in [0.25, 0.3) is 11.1 Å². The number of nitrogens with one attached hydrogen (secondary N) is 1. The summed E-state index contributed by atoms with van der Waals surface area (Å²) in [5.41, 5.74) is 5.53. The van der Waals surface area contributed by atoms with Gasteiger partial charge >= 0.3 is 12.1 Å². The molecule has 1 aliphatic rings. The third kappa shape index (κ3) is 5.51. The van der Waals surface area contributed by atoms with Gasteiger partial charge in [0.15, 0.2) is 0 Å². The molecule has 4 rings (SSSR count). The Balaban J connectivity index is 1.22. The molecule has 0 spiro atoms. The largest absolute Gasteiger partial charge is 0.478 e. The molecule has 3 aromatic carbocycles. The SMILES string of the molecule is CN(CCc1ccccc1C(=O)O)C(=O)CCNC(=O)OCC1c2ccccc2-c2ccccc21. The topological polar surface area (TPSA) is 95.9 Å². The molecular weight excluding hydrogens is 444 g/mol. The molecule has 0 atom stereocenters. The first kappa shape index (κ1) is 24.0. The van der Waals surface area contributed by atoms with Crippen LogP contribution in [0, 0.1) is 0 Å². The van der Waals surface area contributed by atoms with Crippen molar-refractivity contribution < 1.29 is 24.2 Å². The van der Waals surface area contributed by atoms with Crippen LogP contribution in [0.2, 0.25) is 0 Å². The van der Waals surface area contributed by atoms with Gasteiger partial charge < -0.3 is 20.1 Å². The number of likely N-dealkylation sites (N-methyl/N-ethyl adjacent to an activating group) is 1. The lowest BCUT2D eigenvalue weighted by Crippen LogP contribution is -2.34. The third-order valence-corrected chi connectivity index (χ3v) is 6.34. The van der Waals surface area contributed by atoms with Crippen molar-refractivity contribution in [2.75, 3.05) is 26.7 Å². The van der Waals surface area contributed by atoms with E-state index in [0.29, 0.717) is 18.5 Å². The summed E-state index contributed by atoms with van der Waals surface area (Å²) < 4.78 is 5.49. The van der Waals surface area contributed by atoms with Crippen LogP contribution in [0.5, 0.6) is 0 Å². The number of benzene rings is 3. The molecule has 0 aromatic heterocycles. The van der Waals surface area contributed by atoms with Gasteiger partial charge in [-0.1, -0.05) is 66.7 Å². The predicted molar refractivity (Wildman–Crippen MR) is 132 cm³/mol. The zero-order valence-electron chi connectivity index (χ0n) is 19.6. The first-order chi connectivity index (χ1) is 17.0. The van der Waals surface area contributed by atoms with Gasteiger partial charge in [-0.3, -0.25) is 4.79 Å². The summed E-state index contributed by atoms with van der Waals surface area (Å²) in [5.74, 6) is -1.15. The van der Waals surface area contributed by atoms with Crippen LogP contribution < -0.4 is 5.32 Å². The number of hydrogen-bond acceptors (Lipinski definition) is 4. The van der Waals surface area contributed by atoms with E-state index >= 15 is 0 Å². The molecule has 7 nitrogen and oxygen atoms in total. The third-order valence-electron chi connectivity index (χ3n) is 6.34. The first-order valence-electron chi connectivity index (χ1n) is 11.6. The van der Waals surface area contributed by atoms with E-state index in [1.807, 2.05) is 24.3 Å². The molecular formula is C28H28N2O5. The molecule has 0 saturated heterocycles. The molecule has 0 unspecified atom stereocenters. The Hall–Kier alpha value is -4.13. The molecule has 2 amide bonds. The Bertz CT molecular complexity index is 1190. The number of amides is 2. The maximum Gasteiger partial charge on any atom is 0.407 e. The maximum atomic E-state index is 12.4. The van der Waals surface area contributed by atoms with Crippen LogP contribution in [0.1, 0.15) is 39.4 Å². The van der Waals surface area contributed by atoms with Crippen molar-refractivity contribution in [3.63, 3.8) is 0 Å². The highest BCUT2D eigenvalue weighted by atomic mass is 16.5. The van der Waals surface area contributed by atoms with Gasteiger partial charge in [0.25, 0.3) is 0 Å². The number of carboxylic acids is 1. The maximum absolute atomic E-state index is 12.4. The zero-order chi connectivity index (χ0) is 24.8. The summed E-state index contributed by atoms with van der Waals surface area (Å²) in [6.07, 6.45) is 0.00362. The minimum Gasteiger partial charge on any atom is -0.478 e. The van der Waals surface area contributed by atoms with E-state index in [9.17, 15) is 19.5 Å². The molecule has 0 saturated carbocycles. The number of fused-ring (bicyclic) bond motifs is 3. The molecule has 0 heterocycles. The fourth-order valence-corrected chi connectivity index (χ4v) is 4.47. The molecule has 0 aliphatic heterocycles. The lowest BCUT2D eigenvalue weighted by Gasteiger charge is -2.18. The van der Waals surface area contributed by atoms with E-state index < -0.39 is 12.1 Å². The average molecular weight is 473 g/mol. The monoisotopic (exact) mass is 472 g/mol. The fraction of sp³-hybridized carbons (Fsp3) is 0.250. The van der Waals surface area contributed by atoms with Crippen molar-refractivity contribution in [2.45, 2.75) is 18.8 Å². The normalized spacial score (nSPS) is 11.9. The Morgan fingerprint density at radius 3 is 2.17 bits per heavy atom. The molecule has 1 aliphatic carbocycles. The van der Waals surface area contributed by atoms with Crippen molar-refractivity contribution in [1.29, 1.82) is 0 Å². The van der Waals surface area contributed by atoms with Gasteiger partial charge in [0.1, 0.15) is 6.61 Å². The second-order valence-electron chi connectivity index (χ2n) is 8.53. The number of carbonyl (C=O) groups is 3. The molecule has 0 bridgehead atoms. The van der Waals surface area contributed by atoms with Crippen LogP contribution in [-0.2, 0) is 16.0 Å². The van der Waals surface area contributed by atoms with Gasteiger partial charge in [0.2, 0.25) is 5.91 Å². The number of alkyl carbamates (subject to hydrolysis) is 1. The van der Waals surface area contributed by atoms with E-state index in [2.05, 4.69) is 29.6 Å². The summed E-state index contributed by atoms with van der Waals surface area (Å²) in [6.45, 7) is 0.760. The van der Waals surface area contributed by atoms with E-state index in [-0.39, 0.29) is 37.0 Å². The molecule has 0 fully saturated rings. The van der Waals surface area contributed by atoms with Gasteiger partial charge in [-0.25, -0.2) is 9.59 Å². The van der Waals surface area contributed by atoms with Gasteiger partial charge in [-0.15, -0.1) is 0 Å². The second kappa shape index (κ2) is 10.9. The highest BCUT2D eigenvalue weighted by Gasteiger charge is 2.29. The van der Waals surface area contributed by atoms with Crippen LogP contribution in [-0.4, -0.2) is 54.7 Å². The Morgan fingerprint density at radius 2 is 1.51 bits per heavy atom. The van der Waals surface area contributed by atoms with Crippen LogP contribution >= 0.6 is 0 Å². The molecule has 7 heteroatoms. The predicted octanol–water partition coefficient (Wildman–Crippen LogP) is 4.31. The lowest BCUT2D eigenvalue weighted by molar-refractivity contribution is -0.129. The van der Waals surface area contributed by atoms with Crippen LogP contribution in [0.4, 0.5) is 4.79 Å². The van der Waals surface area contributed by atoms with E-state index in [0.717, 1.165) is 22.3 Å². The summed E-state index contributed by atoms with van der Waals surface area (Å²) in [6, 6.07) is 23.0. The fourth-order valence-electron chi connectivity index (χ4n) is 4.47. The number of hydrogen-bond donors (Lipinski definition) is 2. The summed E-state index contributed by atoms with van der Waals surface area (Å²) in [7, 11) is 1.67. The number of ether oxygens (including phenoxy) is 1. The molecule has 0 radical (unpaired) electrons. The molecule has 180 valence electrons. The Labute approximate surface area is 204 Å². The van der Waals surface area contributed by atoms with Crippen molar-refractivity contribution in [2.24, 2.45) is 0 Å². The van der Waals surface area contributed by atoms with Crippen molar-refractivity contribution in [3.8, 4) is 11.1 Å².